The molecule has 116 valence electrons. The van der Waals surface area contributed by atoms with Crippen molar-refractivity contribution in [3.8, 4) is 5.75 Å². The van der Waals surface area contributed by atoms with Crippen molar-refractivity contribution in [2.45, 2.75) is 0 Å². The first kappa shape index (κ1) is 15.3. The van der Waals surface area contributed by atoms with E-state index in [1.165, 1.54) is 17.0 Å². The average Bonchev–Trinajstić information content (AvgIpc) is 2.84. The van der Waals surface area contributed by atoms with Crippen LogP contribution < -0.4 is 9.64 Å². The molecule has 1 amide bonds. The van der Waals surface area contributed by atoms with E-state index < -0.39 is 0 Å². The topological polar surface area (TPSA) is 53.4 Å². The van der Waals surface area contributed by atoms with Gasteiger partial charge < -0.3 is 4.74 Å². The van der Waals surface area contributed by atoms with Crippen molar-refractivity contribution in [2.24, 2.45) is 0 Å². The summed E-state index contributed by atoms with van der Waals surface area (Å²) in [5.41, 5.74) is 1.32. The van der Waals surface area contributed by atoms with Gasteiger partial charge in [0.25, 0.3) is 5.91 Å². The van der Waals surface area contributed by atoms with Crippen LogP contribution >= 0.6 is 11.8 Å². The highest BCUT2D eigenvalue weighted by Gasteiger charge is 2.33. The normalized spacial score (nSPS) is 16.3. The number of benzene rings is 2. The number of halogens is 1. The summed E-state index contributed by atoms with van der Waals surface area (Å²) in [4.78, 5) is 14.3. The maximum atomic E-state index is 12.9. The van der Waals surface area contributed by atoms with Crippen molar-refractivity contribution < 1.29 is 13.9 Å². The summed E-state index contributed by atoms with van der Waals surface area (Å²) in [7, 11) is 1.57. The highest BCUT2D eigenvalue weighted by molar-refractivity contribution is 8.19. The molecule has 0 saturated carbocycles. The average molecular weight is 328 g/mol. The summed E-state index contributed by atoms with van der Waals surface area (Å²) in [6.07, 6.45) is 1.66. The molecule has 0 aliphatic carbocycles. The molecule has 0 atom stereocenters. The molecule has 1 fully saturated rings. The summed E-state index contributed by atoms with van der Waals surface area (Å²) >= 11 is 1.08. The van der Waals surface area contributed by atoms with Gasteiger partial charge in [-0.1, -0.05) is 12.1 Å². The highest BCUT2D eigenvalue weighted by Crippen LogP contribution is 2.35. The number of nitrogens with one attached hydrogen (secondary N) is 1. The van der Waals surface area contributed by atoms with Crippen LogP contribution in [0.1, 0.15) is 5.56 Å². The summed E-state index contributed by atoms with van der Waals surface area (Å²) < 4.78 is 18.0. The Morgan fingerprint density at radius 3 is 2.39 bits per heavy atom. The largest absolute Gasteiger partial charge is 0.497 e. The van der Waals surface area contributed by atoms with Crippen molar-refractivity contribution in [1.82, 2.24) is 0 Å². The molecule has 1 heterocycles. The Labute approximate surface area is 137 Å². The first-order valence-electron chi connectivity index (χ1n) is 6.80. The number of amidine groups is 1. The van der Waals surface area contributed by atoms with E-state index in [4.69, 9.17) is 10.1 Å². The molecule has 0 bridgehead atoms. The number of methoxy groups -OCH3 is 1. The molecule has 2 aromatic rings. The molecule has 2 aromatic carbocycles. The van der Waals surface area contributed by atoms with E-state index in [0.29, 0.717) is 21.9 Å². The fourth-order valence-corrected chi connectivity index (χ4v) is 3.02. The molecule has 1 N–H and O–H groups in total. The zero-order chi connectivity index (χ0) is 16.4. The third-order valence-corrected chi connectivity index (χ3v) is 4.21. The van der Waals surface area contributed by atoms with Crippen molar-refractivity contribution >= 4 is 34.6 Å². The van der Waals surface area contributed by atoms with E-state index in [1.54, 1.807) is 49.6 Å². The van der Waals surface area contributed by atoms with Crippen molar-refractivity contribution in [1.29, 1.82) is 5.41 Å². The maximum absolute atomic E-state index is 12.9. The monoisotopic (exact) mass is 328 g/mol. The number of carbonyl (C=O) groups is 1. The number of rotatable bonds is 3. The van der Waals surface area contributed by atoms with Crippen molar-refractivity contribution in [3.05, 3.63) is 64.8 Å². The van der Waals surface area contributed by atoms with E-state index >= 15 is 0 Å². The summed E-state index contributed by atoms with van der Waals surface area (Å²) in [5, 5.41) is 8.17. The van der Waals surface area contributed by atoms with E-state index in [-0.39, 0.29) is 16.9 Å². The Hall–Kier alpha value is -2.60. The first-order chi connectivity index (χ1) is 11.1. The minimum absolute atomic E-state index is 0.133. The number of carbonyl (C=O) groups excluding carboxylic acids is 1. The fraction of sp³-hybridized carbons (Fsp3) is 0.0588. The van der Waals surface area contributed by atoms with Gasteiger partial charge in [-0.05, 0) is 59.8 Å². The fourth-order valence-electron chi connectivity index (χ4n) is 2.16. The van der Waals surface area contributed by atoms with E-state index in [1.807, 2.05) is 0 Å². The van der Waals surface area contributed by atoms with Gasteiger partial charge in [-0.3, -0.25) is 15.1 Å². The quantitative estimate of drug-likeness (QED) is 0.870. The van der Waals surface area contributed by atoms with Crippen LogP contribution in [0.3, 0.4) is 0 Å². The standard InChI is InChI=1S/C17H13FN2O2S/c1-22-14-8-6-13(7-9-14)20-16(21)15(23-17(20)19)10-11-2-4-12(18)5-3-11/h2-10,19H,1H3/b15-10-,19-17?. The smallest absolute Gasteiger partial charge is 0.271 e. The minimum Gasteiger partial charge on any atom is -0.497 e. The molecular weight excluding hydrogens is 315 g/mol. The Morgan fingerprint density at radius 1 is 1.13 bits per heavy atom. The predicted octanol–water partition coefficient (Wildman–Crippen LogP) is 3.89. The summed E-state index contributed by atoms with van der Waals surface area (Å²) in [6, 6.07) is 12.8. The third-order valence-electron chi connectivity index (χ3n) is 3.32. The van der Waals surface area contributed by atoms with Crippen LogP contribution in [0.2, 0.25) is 0 Å². The number of nitrogens with zero attached hydrogens (tertiary/aromatic N) is 1. The molecule has 3 rings (SSSR count). The van der Waals surface area contributed by atoms with Crippen molar-refractivity contribution in [2.75, 3.05) is 12.0 Å². The van der Waals surface area contributed by atoms with Gasteiger partial charge in [0.1, 0.15) is 11.6 Å². The Morgan fingerprint density at radius 2 is 1.78 bits per heavy atom. The third kappa shape index (κ3) is 3.12. The summed E-state index contributed by atoms with van der Waals surface area (Å²) in [5.74, 6) is 0.0845. The first-order valence-corrected chi connectivity index (χ1v) is 7.62. The lowest BCUT2D eigenvalue weighted by molar-refractivity contribution is -0.113. The number of hydrogen-bond acceptors (Lipinski definition) is 4. The molecule has 1 aliphatic heterocycles. The van der Waals surface area contributed by atoms with Crippen LogP contribution in [0, 0.1) is 11.2 Å². The molecule has 0 spiro atoms. The Kier molecular flexibility index (Phi) is 4.16. The van der Waals surface area contributed by atoms with Crippen molar-refractivity contribution in [3.63, 3.8) is 0 Å². The second-order valence-corrected chi connectivity index (χ2v) is 5.84. The molecule has 23 heavy (non-hydrogen) atoms. The van der Waals surface area contributed by atoms with E-state index in [9.17, 15) is 9.18 Å². The molecule has 1 aliphatic rings. The predicted molar refractivity (Wildman–Crippen MR) is 90.2 cm³/mol. The van der Waals surface area contributed by atoms with Crippen LogP contribution in [0.4, 0.5) is 10.1 Å². The Balaban J connectivity index is 1.88. The van der Waals surface area contributed by atoms with Gasteiger partial charge >= 0.3 is 0 Å². The molecule has 6 heteroatoms. The SMILES string of the molecule is COc1ccc(N2C(=N)S/C(=C\c3ccc(F)cc3)C2=O)cc1. The van der Waals surface area contributed by atoms with Crippen LogP contribution in [0.25, 0.3) is 6.08 Å². The maximum Gasteiger partial charge on any atom is 0.271 e. The zero-order valence-electron chi connectivity index (χ0n) is 12.2. The van der Waals surface area contributed by atoms with Gasteiger partial charge in [-0.2, -0.15) is 0 Å². The lowest BCUT2D eigenvalue weighted by atomic mass is 10.2. The van der Waals surface area contributed by atoms with Gasteiger partial charge in [0.2, 0.25) is 0 Å². The van der Waals surface area contributed by atoms with Gasteiger partial charge in [0, 0.05) is 0 Å². The number of thioether (sulfide) groups is 1. The minimum atomic E-state index is -0.329. The molecule has 0 unspecified atom stereocenters. The molecule has 0 radical (unpaired) electrons. The molecule has 0 aromatic heterocycles. The summed E-state index contributed by atoms with van der Waals surface area (Å²) in [6.45, 7) is 0. The second-order valence-electron chi connectivity index (χ2n) is 4.81. The molecule has 1 saturated heterocycles. The number of ether oxygens (including phenoxy) is 1. The van der Waals surface area contributed by atoms with Crippen LogP contribution in [-0.4, -0.2) is 18.2 Å². The van der Waals surface area contributed by atoms with Gasteiger partial charge in [0.05, 0.1) is 17.7 Å². The number of amides is 1. The van der Waals surface area contributed by atoms with Gasteiger partial charge in [0.15, 0.2) is 5.17 Å². The van der Waals surface area contributed by atoms with Crippen LogP contribution in [-0.2, 0) is 4.79 Å². The molecule has 4 nitrogen and oxygen atoms in total. The molecular formula is C17H13FN2O2S. The van der Waals surface area contributed by atoms with E-state index in [0.717, 1.165) is 11.8 Å². The van der Waals surface area contributed by atoms with Crippen LogP contribution in [0.15, 0.2) is 53.4 Å². The number of anilines is 1. The van der Waals surface area contributed by atoms with Gasteiger partial charge in [-0.15, -0.1) is 0 Å². The van der Waals surface area contributed by atoms with E-state index in [2.05, 4.69) is 0 Å². The lowest BCUT2D eigenvalue weighted by Crippen LogP contribution is -2.27. The van der Waals surface area contributed by atoms with Gasteiger partial charge in [-0.25, -0.2) is 4.39 Å². The Bertz CT molecular complexity index is 785. The highest BCUT2D eigenvalue weighted by atomic mass is 32.2. The number of hydrogen-bond donors (Lipinski definition) is 1. The lowest BCUT2D eigenvalue weighted by Gasteiger charge is -2.14. The second kappa shape index (κ2) is 6.26. The van der Waals surface area contributed by atoms with Crippen LogP contribution in [0.5, 0.6) is 5.75 Å². The zero-order valence-corrected chi connectivity index (χ0v) is 13.1.